The molecule has 0 saturated heterocycles. The largest absolute Gasteiger partial charge is 0.462 e. The number of hydrogen-bond donors (Lipinski definition) is 0. The van der Waals surface area contributed by atoms with Crippen LogP contribution in [0.1, 0.15) is 162 Å². The number of carbonyl (C=O) groups excluding carboxylic acids is 3. The summed E-state index contributed by atoms with van der Waals surface area (Å²) in [7, 11) is 0. The van der Waals surface area contributed by atoms with Crippen molar-refractivity contribution in [1.82, 2.24) is 0 Å². The lowest BCUT2D eigenvalue weighted by Crippen LogP contribution is -2.30. The summed E-state index contributed by atoms with van der Waals surface area (Å²) in [6.45, 7) is 6.25. The van der Waals surface area contributed by atoms with Crippen molar-refractivity contribution in [3.8, 4) is 0 Å². The molecule has 0 aromatic heterocycles. The molecule has 6 nitrogen and oxygen atoms in total. The van der Waals surface area contributed by atoms with Crippen LogP contribution in [0.5, 0.6) is 0 Å². The summed E-state index contributed by atoms with van der Waals surface area (Å²) < 4.78 is 16.4. The van der Waals surface area contributed by atoms with Crippen LogP contribution in [-0.2, 0) is 28.6 Å². The van der Waals surface area contributed by atoms with E-state index in [4.69, 9.17) is 14.2 Å². The average Bonchev–Trinajstić information content (AvgIpc) is 3.09. The van der Waals surface area contributed by atoms with Gasteiger partial charge in [-0.3, -0.25) is 14.4 Å². The van der Waals surface area contributed by atoms with E-state index in [2.05, 4.69) is 81.5 Å². The molecule has 0 amide bonds. The summed E-state index contributed by atoms with van der Waals surface area (Å²) in [6, 6.07) is 0. The second-order valence-corrected chi connectivity index (χ2v) is 12.5. The molecule has 1 atom stereocenters. The number of rotatable bonds is 33. The van der Waals surface area contributed by atoms with Crippen molar-refractivity contribution in [3.63, 3.8) is 0 Å². The summed E-state index contributed by atoms with van der Waals surface area (Å²) >= 11 is 0. The molecule has 0 aromatic carbocycles. The van der Waals surface area contributed by atoms with Crippen molar-refractivity contribution >= 4 is 17.9 Å². The Morgan fingerprint density at radius 3 is 1.45 bits per heavy atom. The van der Waals surface area contributed by atoms with E-state index in [0.717, 1.165) is 109 Å². The minimum atomic E-state index is -0.804. The van der Waals surface area contributed by atoms with E-state index in [1.54, 1.807) is 0 Å². The van der Waals surface area contributed by atoms with Crippen LogP contribution in [0.3, 0.4) is 0 Å². The molecule has 0 rings (SSSR count). The summed E-state index contributed by atoms with van der Waals surface area (Å²) in [5.74, 6) is -1.03. The Hall–Kier alpha value is -3.15. The van der Waals surface area contributed by atoms with E-state index in [-0.39, 0.29) is 37.5 Å². The van der Waals surface area contributed by atoms with Gasteiger partial charge < -0.3 is 14.2 Å². The summed E-state index contributed by atoms with van der Waals surface area (Å²) in [4.78, 5) is 37.2. The Morgan fingerprint density at radius 2 is 0.878 bits per heavy atom. The molecule has 0 saturated carbocycles. The van der Waals surface area contributed by atoms with Gasteiger partial charge in [0.1, 0.15) is 13.2 Å². The molecule has 0 heterocycles. The fourth-order valence-corrected chi connectivity index (χ4v) is 4.78. The topological polar surface area (TPSA) is 78.9 Å². The number of allylic oxidation sites excluding steroid dienone is 12. The minimum Gasteiger partial charge on any atom is -0.462 e. The first-order valence-electron chi connectivity index (χ1n) is 19.4. The molecule has 0 radical (unpaired) electrons. The Bertz CT molecular complexity index is 971. The van der Waals surface area contributed by atoms with Crippen LogP contribution < -0.4 is 0 Å². The molecule has 49 heavy (non-hydrogen) atoms. The molecule has 278 valence electrons. The minimum absolute atomic E-state index is 0.106. The van der Waals surface area contributed by atoms with Crippen molar-refractivity contribution in [2.45, 2.75) is 168 Å². The quantitative estimate of drug-likeness (QED) is 0.0297. The highest BCUT2D eigenvalue weighted by atomic mass is 16.6. The number of ether oxygens (including phenoxy) is 3. The van der Waals surface area contributed by atoms with Gasteiger partial charge in [-0.1, -0.05) is 145 Å². The standard InChI is InChI=1S/C43H70O6/c1-4-7-10-13-15-17-19-21-23-25-27-30-33-36-42(45)48-39-40(38-47-41(44)35-32-29-12-9-6-3)49-43(46)37-34-31-28-26-24-22-20-18-16-14-11-8-5-2/h7,10-11,14-15,17-18,20-21,23,27,30,40H,4-6,8-9,12-13,16,19,22,24-26,28-29,31-39H2,1-3H3/b10-7-,14-11-,17-15-,20-18-,23-21-,30-27-. The number of esters is 3. The van der Waals surface area contributed by atoms with Gasteiger partial charge in [0.05, 0.1) is 0 Å². The van der Waals surface area contributed by atoms with Gasteiger partial charge in [0.2, 0.25) is 0 Å². The van der Waals surface area contributed by atoms with Gasteiger partial charge in [0.25, 0.3) is 0 Å². The zero-order valence-corrected chi connectivity index (χ0v) is 31.4. The maximum absolute atomic E-state index is 12.6. The second-order valence-electron chi connectivity index (χ2n) is 12.5. The molecular weight excluding hydrogens is 612 g/mol. The van der Waals surface area contributed by atoms with Gasteiger partial charge in [-0.2, -0.15) is 0 Å². The zero-order valence-electron chi connectivity index (χ0n) is 31.4. The van der Waals surface area contributed by atoms with Crippen LogP contribution in [0.4, 0.5) is 0 Å². The second kappa shape index (κ2) is 37.7. The van der Waals surface area contributed by atoms with E-state index < -0.39 is 6.10 Å². The highest BCUT2D eigenvalue weighted by Gasteiger charge is 2.19. The van der Waals surface area contributed by atoms with Crippen molar-refractivity contribution in [2.24, 2.45) is 0 Å². The predicted molar refractivity (Wildman–Crippen MR) is 205 cm³/mol. The summed E-state index contributed by atoms with van der Waals surface area (Å²) in [6.07, 6.45) is 45.0. The smallest absolute Gasteiger partial charge is 0.306 e. The van der Waals surface area contributed by atoms with Gasteiger partial charge in [0, 0.05) is 19.3 Å². The lowest BCUT2D eigenvalue weighted by atomic mass is 10.1. The number of carbonyl (C=O) groups is 3. The molecular formula is C43H70O6. The highest BCUT2D eigenvalue weighted by Crippen LogP contribution is 2.11. The maximum atomic E-state index is 12.6. The third-order valence-electron chi connectivity index (χ3n) is 7.69. The Kier molecular flexibility index (Phi) is 35.2. The summed E-state index contributed by atoms with van der Waals surface area (Å²) in [5.41, 5.74) is 0. The molecule has 1 unspecified atom stereocenters. The Morgan fingerprint density at radius 1 is 0.429 bits per heavy atom. The van der Waals surface area contributed by atoms with Crippen molar-refractivity contribution in [1.29, 1.82) is 0 Å². The predicted octanol–water partition coefficient (Wildman–Crippen LogP) is 12.0. The fraction of sp³-hybridized carbons (Fsp3) is 0.651. The van der Waals surface area contributed by atoms with Gasteiger partial charge in [-0.15, -0.1) is 0 Å². The Labute approximate surface area is 300 Å². The van der Waals surface area contributed by atoms with Crippen LogP contribution >= 0.6 is 0 Å². The molecule has 0 aromatic rings. The molecule has 0 aliphatic carbocycles. The fourth-order valence-electron chi connectivity index (χ4n) is 4.78. The van der Waals surface area contributed by atoms with E-state index >= 15 is 0 Å². The summed E-state index contributed by atoms with van der Waals surface area (Å²) in [5, 5.41) is 0. The zero-order chi connectivity index (χ0) is 35.9. The van der Waals surface area contributed by atoms with Gasteiger partial charge in [-0.25, -0.2) is 0 Å². The normalized spacial score (nSPS) is 12.8. The van der Waals surface area contributed by atoms with Gasteiger partial charge in [0.15, 0.2) is 6.10 Å². The first-order chi connectivity index (χ1) is 24.0. The third kappa shape index (κ3) is 36.0. The lowest BCUT2D eigenvalue weighted by molar-refractivity contribution is -0.166. The van der Waals surface area contributed by atoms with E-state index in [1.807, 2.05) is 12.2 Å². The molecule has 0 N–H and O–H groups in total. The van der Waals surface area contributed by atoms with Crippen LogP contribution in [0.15, 0.2) is 72.9 Å². The van der Waals surface area contributed by atoms with Crippen LogP contribution in [0.2, 0.25) is 0 Å². The molecule has 0 bridgehead atoms. The van der Waals surface area contributed by atoms with Crippen molar-refractivity contribution in [2.75, 3.05) is 13.2 Å². The third-order valence-corrected chi connectivity index (χ3v) is 7.69. The monoisotopic (exact) mass is 683 g/mol. The first-order valence-corrected chi connectivity index (χ1v) is 19.4. The molecule has 0 fully saturated rings. The van der Waals surface area contributed by atoms with Crippen molar-refractivity contribution < 1.29 is 28.6 Å². The molecule has 0 aliphatic rings. The SMILES string of the molecule is CC/C=C\C/C=C\C/C=C\C/C=C\CCC(=O)OCC(COC(=O)CCCCCCC)OC(=O)CCCCCCC/C=C\C/C=C\CCC. The van der Waals surface area contributed by atoms with Gasteiger partial charge in [-0.05, 0) is 70.6 Å². The van der Waals surface area contributed by atoms with Crippen LogP contribution in [-0.4, -0.2) is 37.2 Å². The van der Waals surface area contributed by atoms with Gasteiger partial charge >= 0.3 is 17.9 Å². The molecule has 0 spiro atoms. The van der Waals surface area contributed by atoms with E-state index in [1.165, 1.54) is 6.42 Å². The van der Waals surface area contributed by atoms with Crippen LogP contribution in [0.25, 0.3) is 0 Å². The maximum Gasteiger partial charge on any atom is 0.306 e. The first kappa shape index (κ1) is 45.9. The van der Waals surface area contributed by atoms with E-state index in [9.17, 15) is 14.4 Å². The Balaban J connectivity index is 4.44. The van der Waals surface area contributed by atoms with Crippen molar-refractivity contribution in [3.05, 3.63) is 72.9 Å². The highest BCUT2D eigenvalue weighted by molar-refractivity contribution is 5.71. The number of unbranched alkanes of at least 4 members (excludes halogenated alkanes) is 10. The molecule has 0 aliphatic heterocycles. The van der Waals surface area contributed by atoms with Crippen LogP contribution in [0, 0.1) is 0 Å². The average molecular weight is 683 g/mol. The van der Waals surface area contributed by atoms with E-state index in [0.29, 0.717) is 19.3 Å². The lowest BCUT2D eigenvalue weighted by Gasteiger charge is -2.18. The molecule has 6 heteroatoms. The number of hydrogen-bond acceptors (Lipinski definition) is 6.